The number of carboxylic acid groups (broad SMARTS) is 1. The summed E-state index contributed by atoms with van der Waals surface area (Å²) in [5.41, 5.74) is 5.80. The van der Waals surface area contributed by atoms with Crippen molar-refractivity contribution in [3.63, 3.8) is 0 Å². The van der Waals surface area contributed by atoms with Crippen LogP contribution in [0.25, 0.3) is 21.5 Å². The van der Waals surface area contributed by atoms with Gasteiger partial charge in [-0.05, 0) is 109 Å². The van der Waals surface area contributed by atoms with E-state index in [0.717, 1.165) is 46.7 Å². The second kappa shape index (κ2) is 15.6. The van der Waals surface area contributed by atoms with Gasteiger partial charge in [-0.15, -0.1) is 0 Å². The van der Waals surface area contributed by atoms with E-state index >= 15 is 8.78 Å². The number of amides is 2. The molecule has 4 N–H and O–H groups in total. The molecule has 2 unspecified atom stereocenters. The fraction of sp³-hybridized carbons (Fsp3) is 0.385. The lowest BCUT2D eigenvalue weighted by molar-refractivity contribution is -0.192. The first-order valence-electron chi connectivity index (χ1n) is 17.5. The molecule has 15 heteroatoms. The molecule has 2 amide bonds. The number of alkyl halides is 5. The van der Waals surface area contributed by atoms with Crippen molar-refractivity contribution in [2.75, 3.05) is 0 Å². The Bertz CT molecular complexity index is 2080. The maximum Gasteiger partial charge on any atom is 0.490 e. The first kappa shape index (κ1) is 39.1. The van der Waals surface area contributed by atoms with Crippen LogP contribution in [0, 0.1) is 0 Å². The van der Waals surface area contributed by atoms with Gasteiger partial charge in [-0.25, -0.2) is 4.79 Å². The molecule has 54 heavy (non-hydrogen) atoms. The van der Waals surface area contributed by atoms with Crippen molar-refractivity contribution >= 4 is 61.0 Å². The molecular weight excluding hydrogens is 781 g/mol. The summed E-state index contributed by atoms with van der Waals surface area (Å²) in [6.45, 7) is 0. The fourth-order valence-electron chi connectivity index (χ4n) is 7.59. The number of ether oxygens (including phenoxy) is 1. The highest BCUT2D eigenvalue weighted by atomic mass is 79.9. The second-order valence-electron chi connectivity index (χ2n) is 14.0. The summed E-state index contributed by atoms with van der Waals surface area (Å²) in [5.74, 6) is -9.02. The number of Topliss-reactive ketones (excluding diaryl/α,β-unsaturated/α-hetero) is 1. The SMILES string of the molecule is NC1CC2CCC(C1)N2C(=O)[C@@H](NC(=O)C(=O)c1ccc2cc(OC3CCCC3)ccc2c1)C(F)(F)c1ccc2cc(Br)ccc2c1.O=C(O)C(F)(F)F. The Hall–Kier alpha value is -4.63. The number of piperidine rings is 1. The van der Waals surface area contributed by atoms with Gasteiger partial charge in [0.1, 0.15) is 5.75 Å². The molecule has 4 aromatic rings. The van der Waals surface area contributed by atoms with Crippen molar-refractivity contribution in [2.45, 2.75) is 93.7 Å². The molecule has 3 atom stereocenters. The normalized spacial score (nSPS) is 20.6. The summed E-state index contributed by atoms with van der Waals surface area (Å²) in [6, 6.07) is 16.7. The quantitative estimate of drug-likeness (QED) is 0.0944. The molecule has 2 bridgehead atoms. The van der Waals surface area contributed by atoms with Crippen LogP contribution in [0.5, 0.6) is 5.75 Å². The summed E-state index contributed by atoms with van der Waals surface area (Å²) in [4.78, 5) is 51.4. The summed E-state index contributed by atoms with van der Waals surface area (Å²) in [5, 5.41) is 12.1. The van der Waals surface area contributed by atoms with E-state index in [9.17, 15) is 27.6 Å². The fourth-order valence-corrected chi connectivity index (χ4v) is 7.97. The van der Waals surface area contributed by atoms with Crippen LogP contribution in [0.1, 0.15) is 67.3 Å². The minimum absolute atomic E-state index is 0.0364. The lowest BCUT2D eigenvalue weighted by Gasteiger charge is -2.41. The number of nitrogens with zero attached hydrogens (tertiary/aromatic N) is 1. The van der Waals surface area contributed by atoms with Crippen LogP contribution in [-0.2, 0) is 20.3 Å². The van der Waals surface area contributed by atoms with E-state index in [0.29, 0.717) is 36.5 Å². The summed E-state index contributed by atoms with van der Waals surface area (Å²) >= 11 is 3.40. The number of aliphatic carboxylic acids is 1. The molecule has 7 rings (SSSR count). The van der Waals surface area contributed by atoms with E-state index in [4.69, 9.17) is 20.4 Å². The van der Waals surface area contributed by atoms with Crippen molar-refractivity contribution in [2.24, 2.45) is 5.73 Å². The molecule has 0 radical (unpaired) electrons. The zero-order valence-corrected chi connectivity index (χ0v) is 30.3. The maximum atomic E-state index is 16.6. The van der Waals surface area contributed by atoms with Gasteiger partial charge in [0, 0.05) is 33.7 Å². The molecule has 1 aliphatic carbocycles. The Morgan fingerprint density at radius 3 is 2.00 bits per heavy atom. The van der Waals surface area contributed by atoms with E-state index in [-0.39, 0.29) is 29.8 Å². The molecule has 286 valence electrons. The first-order chi connectivity index (χ1) is 25.5. The van der Waals surface area contributed by atoms with Crippen molar-refractivity contribution in [1.29, 1.82) is 0 Å². The standard InChI is InChI=1S/C37H36BrF2N3O4.C2HF3O2/c38-27-11-8-22-16-26(10-7-23(22)17-27)37(39,40)34(36(46)43-29-12-13-30(43)20-28(41)19-29)42-35(45)33(44)25-6-5-24-18-32(14-9-21(24)15-25)47-31-3-1-2-4-31;3-2(4,5)1(6)7/h5-11,14-18,28-31,34H,1-4,12-13,19-20,41H2,(H,42,45);(H,6,7)/t28?,29?,30?,34-;/m1./s1. The van der Waals surface area contributed by atoms with E-state index in [1.807, 2.05) is 24.3 Å². The van der Waals surface area contributed by atoms with Gasteiger partial charge >= 0.3 is 18.1 Å². The maximum absolute atomic E-state index is 16.6. The highest BCUT2D eigenvalue weighted by molar-refractivity contribution is 9.10. The monoisotopic (exact) mass is 817 g/mol. The van der Waals surface area contributed by atoms with E-state index in [1.165, 1.54) is 23.1 Å². The van der Waals surface area contributed by atoms with Crippen LogP contribution in [-0.4, -0.2) is 70.0 Å². The van der Waals surface area contributed by atoms with E-state index in [1.54, 1.807) is 30.3 Å². The number of carboxylic acids is 1. The van der Waals surface area contributed by atoms with Gasteiger partial charge in [-0.3, -0.25) is 14.4 Å². The number of hydrogen-bond acceptors (Lipinski definition) is 6. The predicted molar refractivity (Wildman–Crippen MR) is 193 cm³/mol. The molecule has 4 aromatic carbocycles. The lowest BCUT2D eigenvalue weighted by Crippen LogP contribution is -2.61. The molecule has 1 saturated carbocycles. The Labute approximate surface area is 315 Å². The number of carbonyl (C=O) groups is 4. The number of carbonyl (C=O) groups excluding carboxylic acids is 3. The molecule has 2 saturated heterocycles. The Kier molecular flexibility index (Phi) is 11.3. The van der Waals surface area contributed by atoms with Crippen molar-refractivity contribution in [3.8, 4) is 5.75 Å². The molecule has 9 nitrogen and oxygen atoms in total. The third kappa shape index (κ3) is 8.51. The molecular formula is C39H37BrF5N3O6. The molecule has 2 aliphatic heterocycles. The van der Waals surface area contributed by atoms with E-state index < -0.39 is 47.3 Å². The number of hydrogen-bond donors (Lipinski definition) is 3. The number of nitrogens with two attached hydrogens (primary N) is 1. The number of fused-ring (bicyclic) bond motifs is 4. The van der Waals surface area contributed by atoms with Crippen LogP contribution in [0.15, 0.2) is 77.3 Å². The van der Waals surface area contributed by atoms with Crippen molar-refractivity contribution < 1.29 is 51.0 Å². The summed E-state index contributed by atoms with van der Waals surface area (Å²) in [7, 11) is 0. The molecule has 0 aromatic heterocycles. The topological polar surface area (TPSA) is 139 Å². The Morgan fingerprint density at radius 1 is 0.796 bits per heavy atom. The van der Waals surface area contributed by atoms with Crippen LogP contribution in [0.4, 0.5) is 22.0 Å². The molecule has 3 aliphatic rings. The number of nitrogens with one attached hydrogen (secondary N) is 1. The van der Waals surface area contributed by atoms with Gasteiger partial charge < -0.3 is 25.8 Å². The van der Waals surface area contributed by atoms with Gasteiger partial charge in [0.05, 0.1) is 6.10 Å². The lowest BCUT2D eigenvalue weighted by atomic mass is 9.93. The number of halogens is 6. The summed E-state index contributed by atoms with van der Waals surface area (Å²) < 4.78 is 71.8. The molecule has 0 spiro atoms. The van der Waals surface area contributed by atoms with Crippen LogP contribution < -0.4 is 15.8 Å². The van der Waals surface area contributed by atoms with Crippen molar-refractivity contribution in [1.82, 2.24) is 10.2 Å². The highest BCUT2D eigenvalue weighted by Crippen LogP contribution is 2.40. The smallest absolute Gasteiger partial charge is 0.490 e. The van der Waals surface area contributed by atoms with Gasteiger partial charge in [0.15, 0.2) is 6.04 Å². The van der Waals surface area contributed by atoms with Gasteiger partial charge in [0.2, 0.25) is 5.78 Å². The number of benzene rings is 4. The zero-order valence-electron chi connectivity index (χ0n) is 28.8. The van der Waals surface area contributed by atoms with Gasteiger partial charge in [-0.2, -0.15) is 22.0 Å². The number of ketones is 1. The minimum atomic E-state index is -5.08. The molecule has 2 heterocycles. The third-order valence-corrected chi connectivity index (χ3v) is 10.7. The van der Waals surface area contributed by atoms with Crippen LogP contribution in [0.2, 0.25) is 0 Å². The predicted octanol–water partition coefficient (Wildman–Crippen LogP) is 7.65. The third-order valence-electron chi connectivity index (χ3n) is 10.2. The molecule has 3 fully saturated rings. The minimum Gasteiger partial charge on any atom is -0.490 e. The van der Waals surface area contributed by atoms with E-state index in [2.05, 4.69) is 21.2 Å². The van der Waals surface area contributed by atoms with Gasteiger partial charge in [-0.1, -0.05) is 52.3 Å². The van der Waals surface area contributed by atoms with Crippen LogP contribution in [0.3, 0.4) is 0 Å². The second-order valence-corrected chi connectivity index (χ2v) is 14.9. The highest BCUT2D eigenvalue weighted by Gasteiger charge is 2.53. The first-order valence-corrected chi connectivity index (χ1v) is 18.3. The Balaban J connectivity index is 0.000000649. The average Bonchev–Trinajstić information content (AvgIpc) is 3.74. The average molecular weight is 819 g/mol. The van der Waals surface area contributed by atoms with Crippen molar-refractivity contribution in [3.05, 3.63) is 88.4 Å². The summed E-state index contributed by atoms with van der Waals surface area (Å²) in [6.07, 6.45) is 1.78. The Morgan fingerprint density at radius 2 is 1.35 bits per heavy atom. The number of rotatable bonds is 8. The largest absolute Gasteiger partial charge is 0.490 e. The zero-order chi connectivity index (χ0) is 38.9. The van der Waals surface area contributed by atoms with Crippen LogP contribution >= 0.6 is 15.9 Å². The van der Waals surface area contributed by atoms with Gasteiger partial charge in [0.25, 0.3) is 11.8 Å².